The van der Waals surface area contributed by atoms with Gasteiger partial charge in [0.25, 0.3) is 0 Å². The molecule has 0 aromatic rings. The van der Waals surface area contributed by atoms with Crippen molar-refractivity contribution in [2.75, 3.05) is 26.4 Å². The summed E-state index contributed by atoms with van der Waals surface area (Å²) in [7, 11) is 0. The van der Waals surface area contributed by atoms with Gasteiger partial charge in [-0.3, -0.25) is 4.79 Å². The normalized spacial score (nSPS) is 28.9. The number of nitrogens with one attached hydrogen (secondary N) is 1. The molecule has 0 aliphatic carbocycles. The van der Waals surface area contributed by atoms with Crippen LogP contribution in [0.3, 0.4) is 0 Å². The Morgan fingerprint density at radius 2 is 0.671 bits per heavy atom. The Bertz CT molecular complexity index is 1550. The van der Waals surface area contributed by atoms with E-state index in [4.69, 9.17) is 28.4 Å². The average molecular weight is 1220 g/mol. The lowest BCUT2D eigenvalue weighted by Gasteiger charge is -2.48. The third-order valence-corrected chi connectivity index (χ3v) is 17.9. The van der Waals surface area contributed by atoms with E-state index in [9.17, 15) is 61.0 Å². The highest BCUT2D eigenvalue weighted by Crippen LogP contribution is 2.33. The first-order valence-electron chi connectivity index (χ1n) is 34.8. The summed E-state index contributed by atoms with van der Waals surface area (Å²) < 4.78 is 34.4. The third-order valence-electron chi connectivity index (χ3n) is 17.9. The summed E-state index contributed by atoms with van der Waals surface area (Å²) in [6.45, 7) is 1.82. The van der Waals surface area contributed by atoms with E-state index in [0.717, 1.165) is 44.9 Å². The topological polar surface area (TPSA) is 307 Å². The van der Waals surface area contributed by atoms with Crippen LogP contribution in [0.2, 0.25) is 0 Å². The molecule has 3 aliphatic rings. The minimum Gasteiger partial charge on any atom is -0.394 e. The third kappa shape index (κ3) is 32.1. The van der Waals surface area contributed by atoms with Crippen molar-refractivity contribution in [3.8, 4) is 0 Å². The number of hydrogen-bond acceptors (Lipinski definition) is 18. The largest absolute Gasteiger partial charge is 0.394 e. The van der Waals surface area contributed by atoms with Crippen LogP contribution in [-0.4, -0.2) is 193 Å². The summed E-state index contributed by atoms with van der Waals surface area (Å²) in [6, 6.07) is -0.880. The summed E-state index contributed by atoms with van der Waals surface area (Å²) in [5.74, 6) is -0.239. The highest BCUT2D eigenvalue weighted by Gasteiger charge is 2.53. The number of aliphatic hydroxyl groups excluding tert-OH is 11. The van der Waals surface area contributed by atoms with Gasteiger partial charge >= 0.3 is 0 Å². The molecule has 3 saturated heterocycles. The van der Waals surface area contributed by atoms with Crippen LogP contribution < -0.4 is 5.32 Å². The van der Waals surface area contributed by atoms with E-state index in [1.807, 2.05) is 0 Å². The van der Waals surface area contributed by atoms with E-state index in [-0.39, 0.29) is 18.9 Å². The quantitative estimate of drug-likeness (QED) is 0.0253. The van der Waals surface area contributed by atoms with Crippen molar-refractivity contribution in [2.45, 2.75) is 388 Å². The number of unbranched alkanes of at least 4 members (excludes halogenated alkanes) is 38. The fraction of sp³-hybridized carbons (Fsp3) is 0.985. The number of carbonyl (C=O) groups is 1. The van der Waals surface area contributed by atoms with Gasteiger partial charge in [0.2, 0.25) is 5.91 Å². The second-order valence-electron chi connectivity index (χ2n) is 25.4. The Kier molecular flexibility index (Phi) is 45.4. The van der Waals surface area contributed by atoms with Gasteiger partial charge in [0.05, 0.1) is 38.6 Å². The molecule has 85 heavy (non-hydrogen) atoms. The Labute approximate surface area is 513 Å². The lowest BCUT2D eigenvalue weighted by atomic mass is 9.96. The van der Waals surface area contributed by atoms with Crippen molar-refractivity contribution in [1.29, 1.82) is 0 Å². The van der Waals surface area contributed by atoms with Crippen LogP contribution in [0.25, 0.3) is 0 Å². The highest BCUT2D eigenvalue weighted by atomic mass is 16.8. The molecule has 0 aromatic heterocycles. The van der Waals surface area contributed by atoms with Gasteiger partial charge in [-0.2, -0.15) is 0 Å². The first-order valence-corrected chi connectivity index (χ1v) is 34.8. The van der Waals surface area contributed by atoms with Crippen LogP contribution >= 0.6 is 0 Å². The maximum atomic E-state index is 13.4. The average Bonchev–Trinajstić information content (AvgIpc) is 2.05. The second kappa shape index (κ2) is 49.5. The Morgan fingerprint density at radius 3 is 1.02 bits per heavy atom. The summed E-state index contributed by atoms with van der Waals surface area (Å²) in [5.41, 5.74) is 0. The lowest BCUT2D eigenvalue weighted by Crippen LogP contribution is -2.66. The van der Waals surface area contributed by atoms with Gasteiger partial charge in [-0.05, 0) is 12.8 Å². The molecule has 12 N–H and O–H groups in total. The van der Waals surface area contributed by atoms with Gasteiger partial charge in [0.1, 0.15) is 73.2 Å². The van der Waals surface area contributed by atoms with Crippen LogP contribution in [0.5, 0.6) is 0 Å². The van der Waals surface area contributed by atoms with Gasteiger partial charge in [-0.1, -0.05) is 264 Å². The molecular weight excluding hydrogens is 1090 g/mol. The molecule has 17 atom stereocenters. The van der Waals surface area contributed by atoms with Crippen molar-refractivity contribution < 1.29 is 89.4 Å². The lowest BCUT2D eigenvalue weighted by molar-refractivity contribution is -0.379. The summed E-state index contributed by atoms with van der Waals surface area (Å²) in [4.78, 5) is 13.4. The molecule has 0 aromatic carbocycles. The Hall–Kier alpha value is -1.21. The summed E-state index contributed by atoms with van der Waals surface area (Å²) in [5, 5.41) is 121. The molecule has 19 heteroatoms. The van der Waals surface area contributed by atoms with E-state index >= 15 is 0 Å². The second-order valence-corrected chi connectivity index (χ2v) is 25.4. The molecular formula is C66H127NO18. The molecule has 19 nitrogen and oxygen atoms in total. The van der Waals surface area contributed by atoms with Gasteiger partial charge in [-0.15, -0.1) is 0 Å². The van der Waals surface area contributed by atoms with Crippen LogP contribution in [0.4, 0.5) is 0 Å². The van der Waals surface area contributed by atoms with Gasteiger partial charge in [-0.25, -0.2) is 0 Å². The minimum atomic E-state index is -1.97. The monoisotopic (exact) mass is 1220 g/mol. The number of ether oxygens (including phenoxy) is 6. The fourth-order valence-electron chi connectivity index (χ4n) is 12.3. The first-order chi connectivity index (χ1) is 41.3. The van der Waals surface area contributed by atoms with E-state index < -0.39 is 124 Å². The molecule has 1 amide bonds. The predicted octanol–water partition coefficient (Wildman–Crippen LogP) is 8.72. The zero-order chi connectivity index (χ0) is 61.9. The van der Waals surface area contributed by atoms with Crippen LogP contribution in [0.15, 0.2) is 0 Å². The van der Waals surface area contributed by atoms with E-state index in [0.29, 0.717) is 12.8 Å². The number of aliphatic hydroxyl groups is 11. The van der Waals surface area contributed by atoms with E-state index in [1.54, 1.807) is 0 Å². The van der Waals surface area contributed by atoms with Crippen molar-refractivity contribution in [1.82, 2.24) is 5.32 Å². The number of hydrogen-bond donors (Lipinski definition) is 12. The predicted molar refractivity (Wildman–Crippen MR) is 328 cm³/mol. The van der Waals surface area contributed by atoms with Gasteiger partial charge in [0, 0.05) is 6.42 Å². The Balaban J connectivity index is 1.38. The molecule has 3 heterocycles. The number of carbonyl (C=O) groups excluding carboxylic acids is 1. The van der Waals surface area contributed by atoms with Gasteiger partial charge in [0.15, 0.2) is 18.9 Å². The van der Waals surface area contributed by atoms with E-state index in [2.05, 4.69) is 19.2 Å². The summed E-state index contributed by atoms with van der Waals surface area (Å²) >= 11 is 0. The number of rotatable bonds is 54. The Morgan fingerprint density at radius 1 is 0.376 bits per heavy atom. The van der Waals surface area contributed by atoms with Crippen LogP contribution in [0.1, 0.15) is 284 Å². The SMILES string of the molecule is CCCCCCCCCCCCCCCCCCCCCCCCCCCCCCC(O)C(COC1OC(CO)C(OC2OC(CO)C(OC3OC(CO)C(O)C(O)C3O)C(O)C2O)C(O)C1O)NC(=O)CCCCCCCCCCCCCC. The fourth-order valence-corrected chi connectivity index (χ4v) is 12.3. The first kappa shape index (κ1) is 78.0. The molecule has 0 saturated carbocycles. The number of amides is 1. The molecule has 17 unspecified atom stereocenters. The van der Waals surface area contributed by atoms with E-state index in [1.165, 1.54) is 205 Å². The standard InChI is InChI=1S/C66H127NO18/c1-3-5-7-9-11-13-15-17-18-19-20-21-22-23-24-25-26-27-28-29-30-31-32-33-35-37-39-41-43-50(71)49(67-54(72)44-42-40-38-36-34-16-14-12-10-8-6-4-2)48-80-64-60(78)57(75)62(52(46-69)82-64)85-66-61(79)58(76)63(53(47-70)83-66)84-65-59(77)56(74)55(73)51(45-68)81-65/h49-53,55-66,68-71,73-79H,3-48H2,1-2H3,(H,67,72). The van der Waals surface area contributed by atoms with Crippen molar-refractivity contribution in [2.24, 2.45) is 0 Å². The molecule has 3 fully saturated rings. The molecule has 3 aliphatic heterocycles. The molecule has 3 rings (SSSR count). The maximum absolute atomic E-state index is 13.4. The smallest absolute Gasteiger partial charge is 0.220 e. The van der Waals surface area contributed by atoms with Crippen molar-refractivity contribution in [3.05, 3.63) is 0 Å². The molecule has 0 spiro atoms. The highest BCUT2D eigenvalue weighted by molar-refractivity contribution is 5.76. The van der Waals surface area contributed by atoms with Crippen LogP contribution in [-0.2, 0) is 33.2 Å². The molecule has 0 radical (unpaired) electrons. The zero-order valence-corrected chi connectivity index (χ0v) is 53.1. The molecule has 0 bridgehead atoms. The summed E-state index contributed by atoms with van der Waals surface area (Å²) in [6.07, 6.45) is 24.9. The zero-order valence-electron chi connectivity index (χ0n) is 53.1. The van der Waals surface area contributed by atoms with Gasteiger partial charge < -0.3 is 89.9 Å². The maximum Gasteiger partial charge on any atom is 0.220 e. The van der Waals surface area contributed by atoms with Crippen molar-refractivity contribution >= 4 is 5.91 Å². The molecule has 504 valence electrons. The van der Waals surface area contributed by atoms with Crippen molar-refractivity contribution in [3.63, 3.8) is 0 Å². The van der Waals surface area contributed by atoms with Crippen LogP contribution in [0, 0.1) is 0 Å². The minimum absolute atomic E-state index is 0.239.